The van der Waals surface area contributed by atoms with Gasteiger partial charge in [-0.05, 0) is 31.0 Å². The maximum Gasteiger partial charge on any atom is 0.306 e. The summed E-state index contributed by atoms with van der Waals surface area (Å²) in [4.78, 5) is 11.0. The third-order valence-electron chi connectivity index (χ3n) is 3.04. The van der Waals surface area contributed by atoms with Gasteiger partial charge in [-0.2, -0.15) is 0 Å². The molecule has 0 heterocycles. The molecular formula is C15H23NO4. The van der Waals surface area contributed by atoms with E-state index in [2.05, 4.69) is 17.0 Å². The van der Waals surface area contributed by atoms with Crippen molar-refractivity contribution in [2.24, 2.45) is 0 Å². The molecule has 1 N–H and O–H groups in total. The summed E-state index contributed by atoms with van der Waals surface area (Å²) in [5.41, 5.74) is 1.15. The molecule has 0 spiro atoms. The van der Waals surface area contributed by atoms with Crippen molar-refractivity contribution in [3.05, 3.63) is 23.8 Å². The van der Waals surface area contributed by atoms with Gasteiger partial charge >= 0.3 is 5.97 Å². The van der Waals surface area contributed by atoms with Crippen LogP contribution in [-0.2, 0) is 16.0 Å². The molecule has 0 aliphatic heterocycles. The highest BCUT2D eigenvalue weighted by Crippen LogP contribution is 2.27. The van der Waals surface area contributed by atoms with E-state index in [-0.39, 0.29) is 12.0 Å². The van der Waals surface area contributed by atoms with Gasteiger partial charge in [-0.1, -0.05) is 6.07 Å². The highest BCUT2D eigenvalue weighted by Gasteiger charge is 2.08. The Morgan fingerprint density at radius 1 is 1.20 bits per heavy atom. The van der Waals surface area contributed by atoms with Gasteiger partial charge in [0.1, 0.15) is 0 Å². The van der Waals surface area contributed by atoms with Crippen molar-refractivity contribution >= 4 is 5.97 Å². The third kappa shape index (κ3) is 5.09. The lowest BCUT2D eigenvalue weighted by Gasteiger charge is -2.15. The van der Waals surface area contributed by atoms with E-state index >= 15 is 0 Å². The highest BCUT2D eigenvalue weighted by atomic mass is 16.5. The Balaban J connectivity index is 2.49. The second-order valence-corrected chi connectivity index (χ2v) is 4.57. The molecule has 0 aliphatic rings. The average Bonchev–Trinajstić information content (AvgIpc) is 2.46. The zero-order valence-corrected chi connectivity index (χ0v) is 12.6. The van der Waals surface area contributed by atoms with Crippen molar-refractivity contribution in [2.45, 2.75) is 25.8 Å². The van der Waals surface area contributed by atoms with Crippen molar-refractivity contribution in [2.75, 3.05) is 27.9 Å². The van der Waals surface area contributed by atoms with Gasteiger partial charge in [0.2, 0.25) is 0 Å². The lowest BCUT2D eigenvalue weighted by atomic mass is 10.1. The number of carbonyl (C=O) groups is 1. The van der Waals surface area contributed by atoms with E-state index in [1.807, 2.05) is 18.2 Å². The maximum atomic E-state index is 11.0. The molecule has 20 heavy (non-hydrogen) atoms. The van der Waals surface area contributed by atoms with Crippen LogP contribution < -0.4 is 14.8 Å². The summed E-state index contributed by atoms with van der Waals surface area (Å²) in [5.74, 6) is 1.25. The largest absolute Gasteiger partial charge is 0.493 e. The summed E-state index contributed by atoms with van der Waals surface area (Å²) in [5, 5.41) is 3.29. The molecule has 0 amide bonds. The lowest BCUT2D eigenvalue weighted by molar-refractivity contribution is -0.140. The number of ether oxygens (including phenoxy) is 3. The molecule has 5 heteroatoms. The fourth-order valence-corrected chi connectivity index (χ4v) is 1.96. The van der Waals surface area contributed by atoms with Crippen LogP contribution in [0, 0.1) is 0 Å². The molecule has 0 fully saturated rings. The first kappa shape index (κ1) is 16.3. The number of hydrogen-bond acceptors (Lipinski definition) is 5. The first-order chi connectivity index (χ1) is 9.60. The van der Waals surface area contributed by atoms with Gasteiger partial charge in [0.25, 0.3) is 0 Å². The van der Waals surface area contributed by atoms with Crippen LogP contribution in [0.3, 0.4) is 0 Å². The predicted octanol–water partition coefficient (Wildman–Crippen LogP) is 1.79. The topological polar surface area (TPSA) is 56.8 Å². The molecule has 0 saturated heterocycles. The third-order valence-corrected chi connectivity index (χ3v) is 3.04. The molecule has 0 aromatic heterocycles. The Morgan fingerprint density at radius 2 is 1.90 bits per heavy atom. The second kappa shape index (κ2) is 8.43. The molecule has 0 radical (unpaired) electrons. The van der Waals surface area contributed by atoms with E-state index in [0.717, 1.165) is 23.5 Å². The van der Waals surface area contributed by atoms with E-state index in [1.165, 1.54) is 7.11 Å². The molecule has 1 aromatic carbocycles. The van der Waals surface area contributed by atoms with E-state index in [0.29, 0.717) is 13.0 Å². The molecule has 5 nitrogen and oxygen atoms in total. The minimum atomic E-state index is -0.198. The van der Waals surface area contributed by atoms with E-state index in [9.17, 15) is 4.79 Å². The van der Waals surface area contributed by atoms with Gasteiger partial charge in [-0.15, -0.1) is 0 Å². The van der Waals surface area contributed by atoms with Crippen molar-refractivity contribution < 1.29 is 19.0 Å². The fourth-order valence-electron chi connectivity index (χ4n) is 1.96. The van der Waals surface area contributed by atoms with Gasteiger partial charge in [-0.25, -0.2) is 0 Å². The number of nitrogens with one attached hydrogen (secondary N) is 1. The van der Waals surface area contributed by atoms with Crippen LogP contribution in [0.1, 0.15) is 18.9 Å². The summed E-state index contributed by atoms with van der Waals surface area (Å²) in [6.45, 7) is 2.69. The van der Waals surface area contributed by atoms with Crippen molar-refractivity contribution in [1.82, 2.24) is 5.32 Å². The van der Waals surface area contributed by atoms with E-state index < -0.39 is 0 Å². The van der Waals surface area contributed by atoms with Crippen LogP contribution in [0.25, 0.3) is 0 Å². The number of carbonyl (C=O) groups excluding carboxylic acids is 1. The minimum Gasteiger partial charge on any atom is -0.493 e. The SMILES string of the molecule is COC(=O)CCNC(C)Cc1ccc(OC)c(OC)c1. The van der Waals surface area contributed by atoms with Gasteiger partial charge in [0, 0.05) is 12.6 Å². The molecule has 112 valence electrons. The molecule has 1 aromatic rings. The molecule has 1 atom stereocenters. The van der Waals surface area contributed by atoms with Gasteiger partial charge < -0.3 is 19.5 Å². The van der Waals surface area contributed by atoms with Gasteiger partial charge in [0.05, 0.1) is 27.8 Å². The Hall–Kier alpha value is -1.75. The standard InChI is InChI=1S/C15H23NO4/c1-11(16-8-7-15(17)20-4)9-12-5-6-13(18-2)14(10-12)19-3/h5-6,10-11,16H,7-9H2,1-4H3. The summed E-state index contributed by atoms with van der Waals surface area (Å²) in [6, 6.07) is 6.14. The molecule has 0 saturated carbocycles. The Labute approximate surface area is 120 Å². The minimum absolute atomic E-state index is 0.198. The zero-order chi connectivity index (χ0) is 15.0. The summed E-state index contributed by atoms with van der Waals surface area (Å²) in [6.07, 6.45) is 1.23. The second-order valence-electron chi connectivity index (χ2n) is 4.57. The Kier molecular flexibility index (Phi) is 6.87. The van der Waals surface area contributed by atoms with Crippen molar-refractivity contribution in [3.63, 3.8) is 0 Å². The number of esters is 1. The van der Waals surface area contributed by atoms with Crippen LogP contribution in [0.15, 0.2) is 18.2 Å². The summed E-state index contributed by atoms with van der Waals surface area (Å²) >= 11 is 0. The highest BCUT2D eigenvalue weighted by molar-refractivity contribution is 5.69. The number of hydrogen-bond donors (Lipinski definition) is 1. The molecule has 0 aliphatic carbocycles. The quantitative estimate of drug-likeness (QED) is 0.736. The smallest absolute Gasteiger partial charge is 0.306 e. The Morgan fingerprint density at radius 3 is 2.50 bits per heavy atom. The van der Waals surface area contributed by atoms with Crippen molar-refractivity contribution in [1.29, 1.82) is 0 Å². The van der Waals surface area contributed by atoms with E-state index in [1.54, 1.807) is 14.2 Å². The van der Waals surface area contributed by atoms with Crippen LogP contribution in [-0.4, -0.2) is 39.9 Å². The fraction of sp³-hybridized carbons (Fsp3) is 0.533. The van der Waals surface area contributed by atoms with Crippen LogP contribution >= 0.6 is 0 Å². The van der Waals surface area contributed by atoms with Crippen LogP contribution in [0.5, 0.6) is 11.5 Å². The van der Waals surface area contributed by atoms with Crippen molar-refractivity contribution in [3.8, 4) is 11.5 Å². The van der Waals surface area contributed by atoms with Crippen LogP contribution in [0.4, 0.5) is 0 Å². The number of methoxy groups -OCH3 is 3. The predicted molar refractivity (Wildman–Crippen MR) is 77.3 cm³/mol. The number of rotatable bonds is 8. The first-order valence-electron chi connectivity index (χ1n) is 6.61. The average molecular weight is 281 g/mol. The Bertz CT molecular complexity index is 434. The normalized spacial score (nSPS) is 11.8. The summed E-state index contributed by atoms with van der Waals surface area (Å²) in [7, 11) is 4.64. The molecule has 1 rings (SSSR count). The first-order valence-corrected chi connectivity index (χ1v) is 6.61. The van der Waals surface area contributed by atoms with Gasteiger partial charge in [-0.3, -0.25) is 4.79 Å². The van der Waals surface area contributed by atoms with E-state index in [4.69, 9.17) is 9.47 Å². The maximum absolute atomic E-state index is 11.0. The lowest BCUT2D eigenvalue weighted by Crippen LogP contribution is -2.30. The zero-order valence-electron chi connectivity index (χ0n) is 12.6. The summed E-state index contributed by atoms with van der Waals surface area (Å²) < 4.78 is 15.1. The van der Waals surface area contributed by atoms with Crippen LogP contribution in [0.2, 0.25) is 0 Å². The monoisotopic (exact) mass is 281 g/mol. The number of benzene rings is 1. The molecular weight excluding hydrogens is 258 g/mol. The molecule has 0 bridgehead atoms. The van der Waals surface area contributed by atoms with Gasteiger partial charge in [0.15, 0.2) is 11.5 Å². The molecule has 1 unspecified atom stereocenters.